The van der Waals surface area contributed by atoms with Crippen molar-refractivity contribution in [3.63, 3.8) is 0 Å². The van der Waals surface area contributed by atoms with Crippen LogP contribution in [0.25, 0.3) is 0 Å². The van der Waals surface area contributed by atoms with E-state index >= 15 is 0 Å². The lowest BCUT2D eigenvalue weighted by molar-refractivity contribution is -0.145. The summed E-state index contributed by atoms with van der Waals surface area (Å²) in [7, 11) is 1.22. The zero-order valence-corrected chi connectivity index (χ0v) is 9.35. The topological polar surface area (TPSA) is 81.1 Å². The molecular formula is C10H13NO5. The Labute approximate surface area is 93.0 Å². The normalized spacial score (nSPS) is 40.1. The van der Waals surface area contributed by atoms with Gasteiger partial charge in [0.2, 0.25) is 0 Å². The van der Waals surface area contributed by atoms with Crippen molar-refractivity contribution >= 4 is 5.97 Å². The Kier molecular flexibility index (Phi) is 2.42. The Morgan fingerprint density at radius 3 is 2.62 bits per heavy atom. The predicted molar refractivity (Wildman–Crippen MR) is 50.1 cm³/mol. The molecule has 2 aliphatic heterocycles. The van der Waals surface area contributed by atoms with E-state index in [1.807, 2.05) is 6.07 Å². The average molecular weight is 227 g/mol. The Morgan fingerprint density at radius 2 is 2.19 bits per heavy atom. The maximum absolute atomic E-state index is 11.4. The van der Waals surface area contributed by atoms with Crippen LogP contribution in [0.1, 0.15) is 13.8 Å². The number of hydrogen-bond acceptors (Lipinski definition) is 6. The van der Waals surface area contributed by atoms with Gasteiger partial charge in [-0.25, -0.2) is 4.79 Å². The molecule has 6 nitrogen and oxygen atoms in total. The molecule has 0 saturated carbocycles. The van der Waals surface area contributed by atoms with E-state index in [4.69, 9.17) is 19.5 Å². The summed E-state index contributed by atoms with van der Waals surface area (Å²) < 4.78 is 20.5. The summed E-state index contributed by atoms with van der Waals surface area (Å²) in [5, 5.41) is 8.95. The van der Waals surface area contributed by atoms with Crippen LogP contribution >= 0.6 is 0 Å². The van der Waals surface area contributed by atoms with Gasteiger partial charge in [-0.1, -0.05) is 0 Å². The van der Waals surface area contributed by atoms with Crippen molar-refractivity contribution in [1.82, 2.24) is 0 Å². The molecule has 0 unspecified atom stereocenters. The first-order chi connectivity index (χ1) is 7.45. The highest BCUT2D eigenvalue weighted by atomic mass is 16.8. The number of methoxy groups -OCH3 is 1. The molecule has 2 saturated heterocycles. The summed E-state index contributed by atoms with van der Waals surface area (Å²) >= 11 is 0. The molecule has 0 aromatic carbocycles. The van der Waals surface area contributed by atoms with E-state index in [9.17, 15) is 4.79 Å². The lowest BCUT2D eigenvalue weighted by atomic mass is 10.0. The van der Waals surface area contributed by atoms with Gasteiger partial charge >= 0.3 is 5.97 Å². The van der Waals surface area contributed by atoms with Crippen molar-refractivity contribution in [2.45, 2.75) is 37.4 Å². The average Bonchev–Trinajstić information content (AvgIpc) is 2.90. The third-order valence-corrected chi connectivity index (χ3v) is 2.68. The second-order valence-electron chi connectivity index (χ2n) is 4.24. The van der Waals surface area contributed by atoms with Gasteiger partial charge < -0.3 is 18.9 Å². The summed E-state index contributed by atoms with van der Waals surface area (Å²) in [6, 6.07) is 1.83. The van der Waals surface area contributed by atoms with E-state index in [1.54, 1.807) is 13.8 Å². The molecule has 0 N–H and O–H groups in total. The highest BCUT2D eigenvalue weighted by molar-refractivity contribution is 5.87. The molecule has 2 aliphatic rings. The van der Waals surface area contributed by atoms with E-state index in [2.05, 4.69) is 4.74 Å². The summed E-state index contributed by atoms with van der Waals surface area (Å²) in [4.78, 5) is 11.4. The van der Waals surface area contributed by atoms with Gasteiger partial charge in [-0.05, 0) is 13.8 Å². The van der Waals surface area contributed by atoms with Crippen molar-refractivity contribution < 1.29 is 23.7 Å². The number of ether oxygens (including phenoxy) is 4. The number of nitrogens with zero attached hydrogens (tertiary/aromatic N) is 1. The Bertz CT molecular complexity index is 361. The number of epoxide rings is 1. The molecule has 16 heavy (non-hydrogen) atoms. The van der Waals surface area contributed by atoms with Gasteiger partial charge in [0.25, 0.3) is 5.60 Å². The zero-order chi connectivity index (χ0) is 12.0. The monoisotopic (exact) mass is 227 g/mol. The van der Waals surface area contributed by atoms with Gasteiger partial charge in [-0.3, -0.25) is 0 Å². The molecule has 2 fully saturated rings. The van der Waals surface area contributed by atoms with Crippen molar-refractivity contribution in [3.8, 4) is 6.07 Å². The van der Waals surface area contributed by atoms with Crippen LogP contribution in [0.4, 0.5) is 0 Å². The van der Waals surface area contributed by atoms with Crippen molar-refractivity contribution in [2.75, 3.05) is 13.7 Å². The van der Waals surface area contributed by atoms with Gasteiger partial charge in [-0.15, -0.1) is 0 Å². The number of rotatable bonds is 2. The lowest BCUT2D eigenvalue weighted by Gasteiger charge is -2.16. The van der Waals surface area contributed by atoms with Gasteiger partial charge in [0, 0.05) is 0 Å². The van der Waals surface area contributed by atoms with Gasteiger partial charge in [0.15, 0.2) is 5.79 Å². The molecule has 0 aromatic heterocycles. The third-order valence-electron chi connectivity index (χ3n) is 2.68. The quantitative estimate of drug-likeness (QED) is 0.487. The van der Waals surface area contributed by atoms with Gasteiger partial charge in [0.1, 0.15) is 18.3 Å². The van der Waals surface area contributed by atoms with Crippen molar-refractivity contribution in [3.05, 3.63) is 0 Å². The van der Waals surface area contributed by atoms with Gasteiger partial charge in [-0.2, -0.15) is 5.26 Å². The SMILES string of the molecule is COC(=O)[C@@]1(C#N)O[C@@H]1[C@H]1COC(C)(C)O1. The van der Waals surface area contributed by atoms with Gasteiger partial charge in [0.05, 0.1) is 13.7 Å². The fraction of sp³-hybridized carbons (Fsp3) is 0.800. The number of carbonyl (C=O) groups excluding carboxylic acids is 1. The molecule has 3 atom stereocenters. The molecule has 0 amide bonds. The summed E-state index contributed by atoms with van der Waals surface area (Å²) in [6.45, 7) is 3.83. The predicted octanol–water partition coefficient (Wildman–Crippen LogP) is -0.0279. The fourth-order valence-electron chi connectivity index (χ4n) is 1.82. The number of hydrogen-bond donors (Lipinski definition) is 0. The highest BCUT2D eigenvalue weighted by Crippen LogP contribution is 2.43. The molecule has 0 bridgehead atoms. The van der Waals surface area contributed by atoms with Crippen molar-refractivity contribution in [2.24, 2.45) is 0 Å². The van der Waals surface area contributed by atoms with E-state index in [-0.39, 0.29) is 0 Å². The first kappa shape index (κ1) is 11.3. The van der Waals surface area contributed by atoms with Crippen molar-refractivity contribution in [1.29, 1.82) is 5.26 Å². The molecule has 88 valence electrons. The van der Waals surface area contributed by atoms with Crippen LogP contribution in [0.2, 0.25) is 0 Å². The zero-order valence-electron chi connectivity index (χ0n) is 9.35. The van der Waals surface area contributed by atoms with E-state index in [0.29, 0.717) is 6.61 Å². The van der Waals surface area contributed by atoms with Crippen LogP contribution in [0, 0.1) is 11.3 Å². The fourth-order valence-corrected chi connectivity index (χ4v) is 1.82. The summed E-state index contributed by atoms with van der Waals surface area (Å²) in [5.41, 5.74) is -1.51. The molecule has 0 spiro atoms. The third kappa shape index (κ3) is 1.57. The maximum atomic E-state index is 11.4. The number of nitriles is 1. The Hall–Kier alpha value is -1.16. The van der Waals surface area contributed by atoms with Crippen LogP contribution in [-0.4, -0.2) is 43.3 Å². The minimum atomic E-state index is -1.51. The van der Waals surface area contributed by atoms with Crippen LogP contribution in [0.5, 0.6) is 0 Å². The minimum absolute atomic E-state index is 0.304. The standard InChI is InChI=1S/C10H13NO5/c1-9(2)14-4-6(15-9)7-10(5-11,16-7)8(12)13-3/h6-7H,4H2,1-3H3/t6-,7-,10+/m1/s1. The summed E-state index contributed by atoms with van der Waals surface area (Å²) in [5.74, 6) is -1.39. The molecule has 0 aliphatic carbocycles. The summed E-state index contributed by atoms with van der Waals surface area (Å²) in [6.07, 6.45) is -1.01. The van der Waals surface area contributed by atoms with E-state index < -0.39 is 29.6 Å². The molecule has 0 radical (unpaired) electrons. The van der Waals surface area contributed by atoms with Crippen LogP contribution in [-0.2, 0) is 23.7 Å². The van der Waals surface area contributed by atoms with E-state index in [0.717, 1.165) is 0 Å². The number of esters is 1. The molecule has 6 heteroatoms. The molecular weight excluding hydrogens is 214 g/mol. The largest absolute Gasteiger partial charge is 0.466 e. The van der Waals surface area contributed by atoms with Crippen LogP contribution in [0.15, 0.2) is 0 Å². The maximum Gasteiger partial charge on any atom is 0.356 e. The molecule has 0 aromatic rings. The van der Waals surface area contributed by atoms with E-state index in [1.165, 1.54) is 7.11 Å². The first-order valence-electron chi connectivity index (χ1n) is 4.94. The second-order valence-corrected chi connectivity index (χ2v) is 4.24. The Morgan fingerprint density at radius 1 is 1.50 bits per heavy atom. The Balaban J connectivity index is 2.06. The van der Waals surface area contributed by atoms with Crippen LogP contribution < -0.4 is 0 Å². The molecule has 2 rings (SSSR count). The lowest BCUT2D eigenvalue weighted by Crippen LogP contribution is -2.34. The second kappa shape index (κ2) is 3.42. The first-order valence-corrected chi connectivity index (χ1v) is 4.94. The molecule has 2 heterocycles. The smallest absolute Gasteiger partial charge is 0.356 e. The highest BCUT2D eigenvalue weighted by Gasteiger charge is 2.69. The number of carbonyl (C=O) groups is 1. The minimum Gasteiger partial charge on any atom is -0.466 e. The van der Waals surface area contributed by atoms with Crippen LogP contribution in [0.3, 0.4) is 0 Å².